The van der Waals surface area contributed by atoms with E-state index in [0.29, 0.717) is 5.75 Å². The molecule has 2 aliphatic rings. The number of amides is 1. The average molecular weight is 360 g/mol. The molecule has 0 atom stereocenters. The van der Waals surface area contributed by atoms with Crippen LogP contribution in [0.1, 0.15) is 46.0 Å². The van der Waals surface area contributed by atoms with Crippen molar-refractivity contribution in [2.75, 3.05) is 11.4 Å². The first-order chi connectivity index (χ1) is 12.1. The smallest absolute Gasteiger partial charge is 0.410 e. The molecule has 1 aromatic rings. The molecule has 0 radical (unpaired) electrons. The van der Waals surface area contributed by atoms with Gasteiger partial charge < -0.3 is 15.0 Å². The summed E-state index contributed by atoms with van der Waals surface area (Å²) in [6, 6.07) is 5.83. The molecule has 1 aromatic carbocycles. The third-order valence-electron chi connectivity index (χ3n) is 4.48. The van der Waals surface area contributed by atoms with E-state index in [-0.39, 0.29) is 17.9 Å². The van der Waals surface area contributed by atoms with E-state index in [4.69, 9.17) is 4.74 Å². The largest absolute Gasteiger partial charge is 0.412 e. The van der Waals surface area contributed by atoms with Gasteiger partial charge in [0.05, 0.1) is 10.7 Å². The maximum atomic E-state index is 12.1. The number of rotatable bonds is 4. The fourth-order valence-corrected chi connectivity index (χ4v) is 4.50. The maximum Gasteiger partial charge on any atom is 0.412 e. The summed E-state index contributed by atoms with van der Waals surface area (Å²) >= 11 is 1.56. The van der Waals surface area contributed by atoms with Crippen molar-refractivity contribution in [3.05, 3.63) is 29.3 Å². The molecule has 1 aliphatic heterocycles. The molecule has 0 unspecified atom stereocenters. The number of allylic oxidation sites excluding steroid dienone is 1. The van der Waals surface area contributed by atoms with Crippen LogP contribution < -0.4 is 15.0 Å². The second kappa shape index (κ2) is 7.95. The first-order valence-electron chi connectivity index (χ1n) is 8.87. The van der Waals surface area contributed by atoms with Gasteiger partial charge >= 0.3 is 6.09 Å². The number of benzene rings is 1. The van der Waals surface area contributed by atoms with E-state index >= 15 is 0 Å². The fraction of sp³-hybridized carbons (Fsp3) is 0.474. The Balaban J connectivity index is 1.69. The lowest BCUT2D eigenvalue weighted by Gasteiger charge is -2.22. The van der Waals surface area contributed by atoms with Crippen molar-refractivity contribution in [2.24, 2.45) is 0 Å². The molecule has 0 aromatic heterocycles. The number of nitrogens with zero attached hydrogens (tertiary/aromatic N) is 1. The minimum atomic E-state index is -0.389. The second-order valence-corrected chi connectivity index (χ2v) is 7.50. The molecule has 1 aliphatic carbocycles. The van der Waals surface area contributed by atoms with Crippen LogP contribution in [-0.2, 0) is 4.79 Å². The number of hydrogen-bond donors (Lipinski definition) is 1. The van der Waals surface area contributed by atoms with Crippen molar-refractivity contribution < 1.29 is 14.3 Å². The molecule has 1 amide bonds. The van der Waals surface area contributed by atoms with Gasteiger partial charge in [-0.05, 0) is 38.8 Å². The van der Waals surface area contributed by atoms with E-state index in [9.17, 15) is 9.59 Å². The predicted octanol–water partition coefficient (Wildman–Crippen LogP) is 4.47. The highest BCUT2D eigenvalue weighted by Crippen LogP contribution is 2.47. The van der Waals surface area contributed by atoms with Gasteiger partial charge in [0.2, 0.25) is 0 Å². The van der Waals surface area contributed by atoms with Crippen molar-refractivity contribution in [1.82, 2.24) is 5.32 Å². The summed E-state index contributed by atoms with van der Waals surface area (Å²) in [5.74, 6) is 0.548. The van der Waals surface area contributed by atoms with Crippen LogP contribution in [0.15, 0.2) is 34.2 Å². The Morgan fingerprint density at radius 2 is 2.08 bits per heavy atom. The lowest BCUT2D eigenvalue weighted by molar-refractivity contribution is -0.112. The van der Waals surface area contributed by atoms with Gasteiger partial charge in [-0.2, -0.15) is 0 Å². The zero-order chi connectivity index (χ0) is 17.8. The van der Waals surface area contributed by atoms with Crippen molar-refractivity contribution in [3.63, 3.8) is 0 Å². The number of carbonyl (C=O) groups is 2. The molecule has 3 rings (SSSR count). The molecular weight excluding hydrogens is 336 g/mol. The lowest BCUT2D eigenvalue weighted by atomic mass is 9.96. The van der Waals surface area contributed by atoms with Crippen LogP contribution in [0.25, 0.3) is 0 Å². The lowest BCUT2D eigenvalue weighted by Crippen LogP contribution is -2.38. The summed E-state index contributed by atoms with van der Waals surface area (Å²) in [5.41, 5.74) is 0.975. The summed E-state index contributed by atoms with van der Waals surface area (Å²) in [7, 11) is 0. The number of carbonyl (C=O) groups excluding carboxylic acids is 2. The Hall–Kier alpha value is -1.95. The molecule has 0 spiro atoms. The van der Waals surface area contributed by atoms with E-state index < -0.39 is 0 Å². The van der Waals surface area contributed by atoms with Crippen molar-refractivity contribution in [2.45, 2.75) is 56.9 Å². The van der Waals surface area contributed by atoms with Crippen LogP contribution in [0, 0.1) is 0 Å². The summed E-state index contributed by atoms with van der Waals surface area (Å²) in [6.07, 6.45) is 6.89. The Morgan fingerprint density at radius 3 is 2.76 bits per heavy atom. The van der Waals surface area contributed by atoms with Gasteiger partial charge in [0.1, 0.15) is 5.75 Å². The Bertz CT molecular complexity index is 696. The summed E-state index contributed by atoms with van der Waals surface area (Å²) in [4.78, 5) is 26.7. The number of hydrogen-bond acceptors (Lipinski definition) is 5. The number of ether oxygens (including phenoxy) is 1. The van der Waals surface area contributed by atoms with Gasteiger partial charge in [0.15, 0.2) is 5.78 Å². The fourth-order valence-electron chi connectivity index (χ4n) is 3.30. The highest BCUT2D eigenvalue weighted by atomic mass is 32.2. The van der Waals surface area contributed by atoms with E-state index in [2.05, 4.69) is 10.2 Å². The number of nitrogens with one attached hydrogen (secondary N) is 1. The molecule has 0 saturated heterocycles. The van der Waals surface area contributed by atoms with Crippen molar-refractivity contribution in [1.29, 1.82) is 0 Å². The summed E-state index contributed by atoms with van der Waals surface area (Å²) < 4.78 is 5.48. The van der Waals surface area contributed by atoms with E-state index in [1.807, 2.05) is 19.1 Å². The molecule has 134 valence electrons. The zero-order valence-corrected chi connectivity index (χ0v) is 15.5. The van der Waals surface area contributed by atoms with Gasteiger partial charge in [-0.1, -0.05) is 31.0 Å². The molecule has 1 fully saturated rings. The standard InChI is InChI=1S/C19H24N2O3S/c1-3-21-16-12-15(9-10-17(16)25-18(21)11-13(2)22)24-19(23)20-14-7-5-4-6-8-14/h9-12,14H,3-8H2,1-2H3,(H,20,23)/b18-11-. The first kappa shape index (κ1) is 17.9. The summed E-state index contributed by atoms with van der Waals surface area (Å²) in [6.45, 7) is 4.33. The van der Waals surface area contributed by atoms with Crippen LogP contribution in [0.3, 0.4) is 0 Å². The molecule has 6 heteroatoms. The van der Waals surface area contributed by atoms with Gasteiger partial charge in [0, 0.05) is 29.6 Å². The number of thioether (sulfide) groups is 1. The van der Waals surface area contributed by atoms with E-state index in [1.54, 1.807) is 30.8 Å². The van der Waals surface area contributed by atoms with Crippen LogP contribution in [0.5, 0.6) is 5.75 Å². The predicted molar refractivity (Wildman–Crippen MR) is 100 cm³/mol. The molecular formula is C19H24N2O3S. The molecule has 1 N–H and O–H groups in total. The minimum Gasteiger partial charge on any atom is -0.410 e. The quantitative estimate of drug-likeness (QED) is 0.803. The van der Waals surface area contributed by atoms with Crippen LogP contribution in [0.2, 0.25) is 0 Å². The topological polar surface area (TPSA) is 58.6 Å². The number of fused-ring (bicyclic) bond motifs is 1. The average Bonchev–Trinajstić information content (AvgIpc) is 2.91. The number of anilines is 1. The van der Waals surface area contributed by atoms with Crippen molar-refractivity contribution >= 4 is 29.3 Å². The van der Waals surface area contributed by atoms with Gasteiger partial charge in [-0.3, -0.25) is 4.79 Å². The number of ketones is 1. The molecule has 0 bridgehead atoms. The first-order valence-corrected chi connectivity index (χ1v) is 9.68. The monoisotopic (exact) mass is 360 g/mol. The van der Waals surface area contributed by atoms with Gasteiger partial charge in [-0.25, -0.2) is 4.79 Å². The van der Waals surface area contributed by atoms with Crippen LogP contribution >= 0.6 is 11.8 Å². The highest BCUT2D eigenvalue weighted by molar-refractivity contribution is 8.03. The molecule has 5 nitrogen and oxygen atoms in total. The Labute approximate surface area is 152 Å². The molecule has 1 saturated carbocycles. The van der Waals surface area contributed by atoms with Crippen molar-refractivity contribution in [3.8, 4) is 5.75 Å². The third-order valence-corrected chi connectivity index (χ3v) is 5.59. The van der Waals surface area contributed by atoms with Crippen LogP contribution in [-0.4, -0.2) is 24.5 Å². The third kappa shape index (κ3) is 4.37. The second-order valence-electron chi connectivity index (χ2n) is 6.44. The molecule has 25 heavy (non-hydrogen) atoms. The molecule has 1 heterocycles. The van der Waals surface area contributed by atoms with Gasteiger partial charge in [0.25, 0.3) is 0 Å². The Morgan fingerprint density at radius 1 is 1.32 bits per heavy atom. The zero-order valence-electron chi connectivity index (χ0n) is 14.7. The van der Waals surface area contributed by atoms with Gasteiger partial charge in [-0.15, -0.1) is 0 Å². The Kier molecular flexibility index (Phi) is 5.68. The van der Waals surface area contributed by atoms with E-state index in [1.165, 1.54) is 6.42 Å². The van der Waals surface area contributed by atoms with Crippen LogP contribution in [0.4, 0.5) is 10.5 Å². The SMILES string of the molecule is CCN1/C(=C/C(C)=O)Sc2ccc(OC(=O)NC3CCCCC3)cc21. The highest BCUT2D eigenvalue weighted by Gasteiger charge is 2.25. The minimum absolute atomic E-state index is 0.0251. The normalized spacial score (nSPS) is 19.0. The maximum absolute atomic E-state index is 12.1. The summed E-state index contributed by atoms with van der Waals surface area (Å²) in [5, 5.41) is 3.87. The van der Waals surface area contributed by atoms with E-state index in [0.717, 1.165) is 47.8 Å².